The maximum atomic E-state index is 13.8. The average molecular weight is 348 g/mol. The van der Waals surface area contributed by atoms with Crippen molar-refractivity contribution in [2.75, 3.05) is 0 Å². The Hall–Kier alpha value is -0.970. The van der Waals surface area contributed by atoms with Crippen LogP contribution in [0.15, 0.2) is 34.8 Å². The lowest BCUT2D eigenvalue weighted by Gasteiger charge is -2.15. The van der Waals surface area contributed by atoms with Gasteiger partial charge in [-0.25, -0.2) is 8.78 Å². The van der Waals surface area contributed by atoms with Crippen molar-refractivity contribution in [3.8, 4) is 0 Å². The minimum absolute atomic E-state index is 0.132. The number of aliphatic hydroxyl groups excluding tert-OH is 1. The smallest absolute Gasteiger partial charge is 0.129 e. The lowest BCUT2D eigenvalue weighted by atomic mass is 9.99. The molecule has 5 heteroatoms. The van der Waals surface area contributed by atoms with Gasteiger partial charge < -0.3 is 5.11 Å². The van der Waals surface area contributed by atoms with Gasteiger partial charge in [0.1, 0.15) is 17.7 Å². The summed E-state index contributed by atoms with van der Waals surface area (Å²) < 4.78 is 28.0. The molecule has 1 N–H and O–H groups in total. The standard InChI is InChI=1S/C14H10BrClF2O/c1-7-4-13(18)10(6-12(7)17)14(19)9-3-2-8(15)5-11(9)16/h2-6,14,19H,1H3. The summed E-state index contributed by atoms with van der Waals surface area (Å²) in [5.74, 6) is -1.23. The van der Waals surface area contributed by atoms with Crippen molar-refractivity contribution in [3.05, 3.63) is 68.2 Å². The van der Waals surface area contributed by atoms with E-state index in [2.05, 4.69) is 15.9 Å². The van der Waals surface area contributed by atoms with Gasteiger partial charge in [0.05, 0.1) is 0 Å². The van der Waals surface area contributed by atoms with Gasteiger partial charge in [-0.05, 0) is 36.8 Å². The molecule has 0 spiro atoms. The third-order valence-corrected chi connectivity index (χ3v) is 3.65. The van der Waals surface area contributed by atoms with E-state index in [4.69, 9.17) is 11.6 Å². The number of aryl methyl sites for hydroxylation is 1. The Bertz CT molecular complexity index is 631. The monoisotopic (exact) mass is 346 g/mol. The minimum atomic E-state index is -1.31. The molecule has 0 saturated heterocycles. The average Bonchev–Trinajstić information content (AvgIpc) is 2.33. The summed E-state index contributed by atoms with van der Waals surface area (Å²) in [5, 5.41) is 10.4. The Kier molecular flexibility index (Phi) is 4.23. The molecule has 0 amide bonds. The zero-order chi connectivity index (χ0) is 14.2. The second-order valence-electron chi connectivity index (χ2n) is 4.19. The Morgan fingerprint density at radius 1 is 1.11 bits per heavy atom. The zero-order valence-electron chi connectivity index (χ0n) is 9.92. The molecule has 100 valence electrons. The molecule has 0 aliphatic rings. The predicted octanol–water partition coefficient (Wildman–Crippen LogP) is 4.77. The number of hydrogen-bond donors (Lipinski definition) is 1. The molecule has 0 aromatic heterocycles. The van der Waals surface area contributed by atoms with Crippen LogP contribution in [-0.2, 0) is 0 Å². The normalized spacial score (nSPS) is 12.5. The van der Waals surface area contributed by atoms with Crippen molar-refractivity contribution in [2.45, 2.75) is 13.0 Å². The molecular formula is C14H10BrClF2O. The summed E-state index contributed by atoms with van der Waals surface area (Å²) in [6, 6.07) is 6.87. The highest BCUT2D eigenvalue weighted by Crippen LogP contribution is 2.32. The number of aliphatic hydroxyl groups is 1. The predicted molar refractivity (Wildman–Crippen MR) is 74.3 cm³/mol. The summed E-state index contributed by atoms with van der Waals surface area (Å²) in [4.78, 5) is 0. The van der Waals surface area contributed by atoms with Crippen molar-refractivity contribution in [2.24, 2.45) is 0 Å². The van der Waals surface area contributed by atoms with Crippen LogP contribution in [0.5, 0.6) is 0 Å². The maximum Gasteiger partial charge on any atom is 0.129 e. The van der Waals surface area contributed by atoms with Crippen LogP contribution in [0.3, 0.4) is 0 Å². The Labute approximate surface area is 123 Å². The lowest BCUT2D eigenvalue weighted by Crippen LogP contribution is -2.05. The molecule has 0 fully saturated rings. The summed E-state index contributed by atoms with van der Waals surface area (Å²) in [6.45, 7) is 1.46. The van der Waals surface area contributed by atoms with E-state index >= 15 is 0 Å². The van der Waals surface area contributed by atoms with E-state index in [1.165, 1.54) is 6.92 Å². The quantitative estimate of drug-likeness (QED) is 0.829. The van der Waals surface area contributed by atoms with Crippen molar-refractivity contribution < 1.29 is 13.9 Å². The van der Waals surface area contributed by atoms with E-state index < -0.39 is 17.7 Å². The largest absolute Gasteiger partial charge is 0.383 e. The highest BCUT2D eigenvalue weighted by atomic mass is 79.9. The Morgan fingerprint density at radius 2 is 1.79 bits per heavy atom. The van der Waals surface area contributed by atoms with Crippen LogP contribution in [0.4, 0.5) is 8.78 Å². The van der Waals surface area contributed by atoms with E-state index in [1.807, 2.05) is 0 Å². The van der Waals surface area contributed by atoms with Crippen molar-refractivity contribution in [1.82, 2.24) is 0 Å². The summed E-state index contributed by atoms with van der Waals surface area (Å²) >= 11 is 9.23. The molecule has 0 aliphatic carbocycles. The topological polar surface area (TPSA) is 20.2 Å². The van der Waals surface area contributed by atoms with Gasteiger partial charge in [0, 0.05) is 20.6 Å². The van der Waals surface area contributed by atoms with Gasteiger partial charge in [-0.3, -0.25) is 0 Å². The SMILES string of the molecule is Cc1cc(F)c(C(O)c2ccc(Br)cc2Cl)cc1F. The van der Waals surface area contributed by atoms with Crippen molar-refractivity contribution in [1.29, 1.82) is 0 Å². The molecule has 0 radical (unpaired) electrons. The molecule has 2 aromatic rings. The first-order valence-corrected chi connectivity index (χ1v) is 6.66. The van der Waals surface area contributed by atoms with Gasteiger partial charge >= 0.3 is 0 Å². The molecule has 0 heterocycles. The van der Waals surface area contributed by atoms with Gasteiger partial charge in [-0.1, -0.05) is 33.6 Å². The zero-order valence-corrected chi connectivity index (χ0v) is 12.3. The van der Waals surface area contributed by atoms with Gasteiger partial charge in [0.2, 0.25) is 0 Å². The second-order valence-corrected chi connectivity index (χ2v) is 5.51. The number of halogens is 4. The molecule has 0 bridgehead atoms. The van der Waals surface area contributed by atoms with Crippen LogP contribution < -0.4 is 0 Å². The van der Waals surface area contributed by atoms with Gasteiger partial charge in [-0.15, -0.1) is 0 Å². The third kappa shape index (κ3) is 2.96. The van der Waals surface area contributed by atoms with Gasteiger partial charge in [0.25, 0.3) is 0 Å². The number of rotatable bonds is 2. The highest BCUT2D eigenvalue weighted by molar-refractivity contribution is 9.10. The molecule has 2 aromatic carbocycles. The fraction of sp³-hybridized carbons (Fsp3) is 0.143. The molecule has 19 heavy (non-hydrogen) atoms. The Balaban J connectivity index is 2.49. The van der Waals surface area contributed by atoms with Crippen LogP contribution in [0.2, 0.25) is 5.02 Å². The van der Waals surface area contributed by atoms with Crippen LogP contribution >= 0.6 is 27.5 Å². The molecule has 1 nitrogen and oxygen atoms in total. The molecule has 0 saturated carbocycles. The first-order valence-electron chi connectivity index (χ1n) is 5.48. The van der Waals surface area contributed by atoms with Crippen LogP contribution in [0, 0.1) is 18.6 Å². The number of benzene rings is 2. The second kappa shape index (κ2) is 5.57. The first-order chi connectivity index (χ1) is 8.90. The van der Waals surface area contributed by atoms with Crippen molar-refractivity contribution in [3.63, 3.8) is 0 Å². The van der Waals surface area contributed by atoms with Gasteiger partial charge in [0.15, 0.2) is 0 Å². The molecule has 1 unspecified atom stereocenters. The van der Waals surface area contributed by atoms with E-state index in [-0.39, 0.29) is 16.1 Å². The fourth-order valence-electron chi connectivity index (χ4n) is 1.76. The van der Waals surface area contributed by atoms with E-state index in [9.17, 15) is 13.9 Å². The molecular weight excluding hydrogens is 338 g/mol. The van der Waals surface area contributed by atoms with E-state index in [0.717, 1.165) is 16.6 Å². The van der Waals surface area contributed by atoms with E-state index in [0.29, 0.717) is 5.56 Å². The summed E-state index contributed by atoms with van der Waals surface area (Å²) in [5.41, 5.74) is 0.384. The van der Waals surface area contributed by atoms with Crippen LogP contribution in [0.25, 0.3) is 0 Å². The minimum Gasteiger partial charge on any atom is -0.383 e. The first kappa shape index (κ1) is 14.4. The number of hydrogen-bond acceptors (Lipinski definition) is 1. The summed E-state index contributed by atoms with van der Waals surface area (Å²) in [7, 11) is 0. The van der Waals surface area contributed by atoms with E-state index in [1.54, 1.807) is 18.2 Å². The maximum absolute atomic E-state index is 13.8. The molecule has 2 rings (SSSR count). The van der Waals surface area contributed by atoms with Gasteiger partial charge in [-0.2, -0.15) is 0 Å². The third-order valence-electron chi connectivity index (χ3n) is 2.83. The lowest BCUT2D eigenvalue weighted by molar-refractivity contribution is 0.214. The van der Waals surface area contributed by atoms with Crippen LogP contribution in [-0.4, -0.2) is 5.11 Å². The molecule has 1 atom stereocenters. The van der Waals surface area contributed by atoms with Crippen molar-refractivity contribution >= 4 is 27.5 Å². The summed E-state index contributed by atoms with van der Waals surface area (Å²) in [6.07, 6.45) is -1.31. The Morgan fingerprint density at radius 3 is 2.42 bits per heavy atom. The highest BCUT2D eigenvalue weighted by Gasteiger charge is 2.19. The van der Waals surface area contributed by atoms with Crippen LogP contribution in [0.1, 0.15) is 22.8 Å². The molecule has 0 aliphatic heterocycles. The fourth-order valence-corrected chi connectivity index (χ4v) is 2.54.